The number of nitrogens with one attached hydrogen (secondary N) is 1. The Morgan fingerprint density at radius 1 is 1.00 bits per heavy atom. The fraction of sp³-hybridized carbons (Fsp3) is 0.727. The van der Waals surface area contributed by atoms with Crippen LogP contribution in [0.1, 0.15) is 64.5 Å². The Bertz CT molecular complexity index is 633. The summed E-state index contributed by atoms with van der Waals surface area (Å²) in [6.45, 7) is 15.0. The quantitative estimate of drug-likeness (QED) is 0.876. The second-order valence-electron chi connectivity index (χ2n) is 9.56. The molecule has 0 bridgehead atoms. The number of hydrogen-bond donors (Lipinski definition) is 1. The molecule has 1 aromatic carbocycles. The van der Waals surface area contributed by atoms with Crippen molar-refractivity contribution in [3.05, 3.63) is 29.3 Å². The number of ether oxygens (including phenoxy) is 1. The highest BCUT2D eigenvalue weighted by molar-refractivity contribution is 5.51. The van der Waals surface area contributed by atoms with Gasteiger partial charge in [-0.25, -0.2) is 0 Å². The second kappa shape index (κ2) is 5.99. The van der Waals surface area contributed by atoms with Gasteiger partial charge >= 0.3 is 0 Å². The van der Waals surface area contributed by atoms with Crippen molar-refractivity contribution < 1.29 is 4.74 Å². The molecule has 3 nitrogen and oxygen atoms in total. The molecule has 0 unspecified atom stereocenters. The highest BCUT2D eigenvalue weighted by Crippen LogP contribution is 2.50. The van der Waals surface area contributed by atoms with Gasteiger partial charge in [-0.2, -0.15) is 0 Å². The predicted octanol–water partition coefficient (Wildman–Crippen LogP) is 4.10. The van der Waals surface area contributed by atoms with Crippen LogP contribution in [0.3, 0.4) is 0 Å². The minimum absolute atomic E-state index is 0.0550. The summed E-state index contributed by atoms with van der Waals surface area (Å²) in [7, 11) is 0. The van der Waals surface area contributed by atoms with Gasteiger partial charge in [0.15, 0.2) is 0 Å². The van der Waals surface area contributed by atoms with Crippen LogP contribution in [0.2, 0.25) is 0 Å². The van der Waals surface area contributed by atoms with Crippen molar-refractivity contribution in [3.63, 3.8) is 0 Å². The van der Waals surface area contributed by atoms with Gasteiger partial charge in [0.25, 0.3) is 0 Å². The third-order valence-corrected chi connectivity index (χ3v) is 7.61. The lowest BCUT2D eigenvalue weighted by molar-refractivity contribution is 0.0622. The maximum Gasteiger partial charge on any atom is 0.128 e. The summed E-state index contributed by atoms with van der Waals surface area (Å²) in [5.74, 6) is 1.15. The number of piperidine rings is 2. The molecule has 2 saturated heterocycles. The third-order valence-electron chi connectivity index (χ3n) is 7.61. The molecule has 1 spiro atoms. The Kier molecular flexibility index (Phi) is 4.16. The molecule has 3 heterocycles. The first-order valence-corrected chi connectivity index (χ1v) is 10.1. The van der Waals surface area contributed by atoms with Gasteiger partial charge in [0.1, 0.15) is 11.4 Å². The molecule has 2 fully saturated rings. The molecule has 3 heteroatoms. The van der Waals surface area contributed by atoms with E-state index in [2.05, 4.69) is 56.1 Å². The molecule has 4 rings (SSSR count). The monoisotopic (exact) mass is 342 g/mol. The predicted molar refractivity (Wildman–Crippen MR) is 103 cm³/mol. The van der Waals surface area contributed by atoms with Crippen LogP contribution in [-0.2, 0) is 12.0 Å². The first kappa shape index (κ1) is 17.4. The van der Waals surface area contributed by atoms with Gasteiger partial charge in [-0.3, -0.25) is 4.90 Å². The normalized spacial score (nSPS) is 27.0. The molecule has 0 atom stereocenters. The van der Waals surface area contributed by atoms with E-state index in [0.29, 0.717) is 5.41 Å². The van der Waals surface area contributed by atoms with Crippen LogP contribution in [0.5, 0.6) is 5.75 Å². The molecule has 3 aliphatic rings. The van der Waals surface area contributed by atoms with Crippen molar-refractivity contribution in [3.8, 4) is 5.75 Å². The van der Waals surface area contributed by atoms with Crippen molar-refractivity contribution in [2.24, 2.45) is 5.41 Å². The summed E-state index contributed by atoms with van der Waals surface area (Å²) in [6, 6.07) is 6.75. The lowest BCUT2D eigenvalue weighted by atomic mass is 9.71. The Morgan fingerprint density at radius 2 is 1.68 bits per heavy atom. The maximum absolute atomic E-state index is 6.46. The zero-order valence-electron chi connectivity index (χ0n) is 16.5. The van der Waals surface area contributed by atoms with Crippen LogP contribution in [0.25, 0.3) is 0 Å². The van der Waals surface area contributed by atoms with Crippen LogP contribution in [0.15, 0.2) is 18.2 Å². The number of benzene rings is 1. The molecule has 0 aliphatic carbocycles. The first-order valence-electron chi connectivity index (χ1n) is 10.1. The molecule has 0 aromatic heterocycles. The Morgan fingerprint density at radius 3 is 2.36 bits per heavy atom. The number of fused-ring (bicyclic) bond motifs is 1. The number of likely N-dealkylation sites (tertiary alicyclic amines) is 1. The van der Waals surface area contributed by atoms with Crippen LogP contribution < -0.4 is 10.1 Å². The molecule has 138 valence electrons. The van der Waals surface area contributed by atoms with Gasteiger partial charge in [0.2, 0.25) is 0 Å². The average Bonchev–Trinajstić information content (AvgIpc) is 2.77. The second-order valence-corrected chi connectivity index (χ2v) is 9.56. The van der Waals surface area contributed by atoms with Crippen LogP contribution >= 0.6 is 0 Å². The van der Waals surface area contributed by atoms with E-state index in [0.717, 1.165) is 12.3 Å². The van der Waals surface area contributed by atoms with Crippen molar-refractivity contribution in [1.29, 1.82) is 0 Å². The minimum Gasteiger partial charge on any atom is -0.486 e. The van der Waals surface area contributed by atoms with Gasteiger partial charge in [0.05, 0.1) is 0 Å². The van der Waals surface area contributed by atoms with E-state index in [9.17, 15) is 0 Å². The van der Waals surface area contributed by atoms with Crippen LogP contribution in [-0.4, -0.2) is 36.7 Å². The zero-order valence-corrected chi connectivity index (χ0v) is 16.5. The first-order chi connectivity index (χ1) is 11.8. The molecule has 3 aliphatic heterocycles. The maximum atomic E-state index is 6.46. The lowest BCUT2D eigenvalue weighted by Crippen LogP contribution is -2.45. The van der Waals surface area contributed by atoms with E-state index in [1.165, 1.54) is 63.0 Å². The van der Waals surface area contributed by atoms with Crippen molar-refractivity contribution in [2.75, 3.05) is 26.2 Å². The number of hydrogen-bond acceptors (Lipinski definition) is 3. The molecule has 0 amide bonds. The molecule has 0 saturated carbocycles. The van der Waals surface area contributed by atoms with Gasteiger partial charge in [-0.1, -0.05) is 32.0 Å². The highest BCUT2D eigenvalue weighted by atomic mass is 16.5. The van der Waals surface area contributed by atoms with E-state index in [4.69, 9.17) is 4.74 Å². The fourth-order valence-electron chi connectivity index (χ4n) is 4.91. The lowest BCUT2D eigenvalue weighted by Gasteiger charge is -2.44. The van der Waals surface area contributed by atoms with Gasteiger partial charge in [-0.05, 0) is 71.1 Å². The number of rotatable bonds is 2. The zero-order chi connectivity index (χ0) is 17.7. The fourth-order valence-corrected chi connectivity index (χ4v) is 4.91. The molecule has 25 heavy (non-hydrogen) atoms. The molecule has 0 radical (unpaired) electrons. The molecular formula is C22H34N2O. The standard InChI is InChI=1S/C22H34N2O/c1-20(2)18-7-5-6-17(19(18)25-21(20,3)4)16-24-14-10-22(11-15-24)8-12-23-13-9-22/h5-7,23H,8-16H2,1-4H3. The van der Waals surface area contributed by atoms with Gasteiger partial charge in [-0.15, -0.1) is 0 Å². The average molecular weight is 343 g/mol. The summed E-state index contributed by atoms with van der Waals surface area (Å²) in [5.41, 5.74) is 3.28. The summed E-state index contributed by atoms with van der Waals surface area (Å²) in [5, 5.41) is 3.52. The van der Waals surface area contributed by atoms with E-state index >= 15 is 0 Å². The van der Waals surface area contributed by atoms with Gasteiger partial charge in [0, 0.05) is 23.1 Å². The topological polar surface area (TPSA) is 24.5 Å². The summed E-state index contributed by atoms with van der Waals surface area (Å²) in [4.78, 5) is 2.64. The van der Waals surface area contributed by atoms with Gasteiger partial charge < -0.3 is 10.1 Å². The molecular weight excluding hydrogens is 308 g/mol. The number of nitrogens with zero attached hydrogens (tertiary/aromatic N) is 1. The summed E-state index contributed by atoms with van der Waals surface area (Å²) < 4.78 is 6.46. The van der Waals surface area contributed by atoms with Crippen molar-refractivity contribution in [1.82, 2.24) is 10.2 Å². The van der Waals surface area contributed by atoms with E-state index < -0.39 is 0 Å². The molecule has 1 N–H and O–H groups in total. The smallest absolute Gasteiger partial charge is 0.128 e. The van der Waals surface area contributed by atoms with Crippen LogP contribution in [0.4, 0.5) is 0 Å². The number of para-hydroxylation sites is 1. The highest BCUT2D eigenvalue weighted by Gasteiger charge is 2.48. The van der Waals surface area contributed by atoms with Crippen molar-refractivity contribution >= 4 is 0 Å². The minimum atomic E-state index is -0.146. The largest absolute Gasteiger partial charge is 0.486 e. The molecule has 1 aromatic rings. The van der Waals surface area contributed by atoms with E-state index in [1.807, 2.05) is 0 Å². The van der Waals surface area contributed by atoms with Crippen molar-refractivity contribution in [2.45, 2.75) is 70.9 Å². The Hall–Kier alpha value is -1.06. The van der Waals surface area contributed by atoms with E-state index in [-0.39, 0.29) is 11.0 Å². The van der Waals surface area contributed by atoms with Crippen LogP contribution in [0, 0.1) is 5.41 Å². The Balaban J connectivity index is 1.48. The summed E-state index contributed by atoms with van der Waals surface area (Å²) in [6.07, 6.45) is 5.46. The van der Waals surface area contributed by atoms with E-state index in [1.54, 1.807) is 0 Å². The Labute approximate surface area is 153 Å². The summed E-state index contributed by atoms with van der Waals surface area (Å²) >= 11 is 0. The SMILES string of the molecule is CC1(C)Oc2c(CN3CCC4(CCNCC4)CC3)cccc2C1(C)C. The third kappa shape index (κ3) is 2.90.